The predicted octanol–water partition coefficient (Wildman–Crippen LogP) is 1.49. The zero-order valence-electron chi connectivity index (χ0n) is 10.7. The van der Waals surface area contributed by atoms with Gasteiger partial charge in [-0.3, -0.25) is 4.90 Å². The van der Waals surface area contributed by atoms with Crippen molar-refractivity contribution in [1.82, 2.24) is 10.2 Å². The molecule has 0 aromatic rings. The number of hydrogen-bond acceptors (Lipinski definition) is 3. The first-order valence-electron chi connectivity index (χ1n) is 6.18. The number of nitrogens with one attached hydrogen (secondary N) is 1. The van der Waals surface area contributed by atoms with Crippen molar-refractivity contribution in [3.63, 3.8) is 0 Å². The van der Waals surface area contributed by atoms with E-state index >= 15 is 0 Å². The molecule has 1 N–H and O–H groups in total. The summed E-state index contributed by atoms with van der Waals surface area (Å²) in [6, 6.07) is 0.540. The van der Waals surface area contributed by atoms with E-state index < -0.39 is 0 Å². The highest BCUT2D eigenvalue weighted by molar-refractivity contribution is 4.91. The second kappa shape index (κ2) is 5.83. The van der Waals surface area contributed by atoms with Crippen molar-refractivity contribution in [1.29, 1.82) is 0 Å². The van der Waals surface area contributed by atoms with Gasteiger partial charge in [0.2, 0.25) is 0 Å². The Balaban J connectivity index is 2.41. The van der Waals surface area contributed by atoms with E-state index in [0.717, 1.165) is 32.8 Å². The van der Waals surface area contributed by atoms with Crippen LogP contribution in [0.25, 0.3) is 0 Å². The standard InChI is InChI=1S/C12H26N2O/c1-5-12(4)10-14(8-7-13-12)11(3)9-15-6-2/h11,13H,5-10H2,1-4H3. The summed E-state index contributed by atoms with van der Waals surface area (Å²) >= 11 is 0. The third kappa shape index (κ3) is 3.74. The molecule has 90 valence electrons. The summed E-state index contributed by atoms with van der Waals surface area (Å²) in [5, 5.41) is 3.60. The maximum atomic E-state index is 5.49. The van der Waals surface area contributed by atoms with Gasteiger partial charge in [0.25, 0.3) is 0 Å². The van der Waals surface area contributed by atoms with Crippen LogP contribution in [0.3, 0.4) is 0 Å². The predicted molar refractivity (Wildman–Crippen MR) is 64.2 cm³/mol. The minimum absolute atomic E-state index is 0.290. The Morgan fingerprint density at radius 1 is 1.47 bits per heavy atom. The first-order chi connectivity index (χ1) is 7.11. The van der Waals surface area contributed by atoms with Crippen molar-refractivity contribution in [3.05, 3.63) is 0 Å². The van der Waals surface area contributed by atoms with Crippen LogP contribution in [0.15, 0.2) is 0 Å². The molecule has 0 saturated carbocycles. The zero-order chi connectivity index (χ0) is 11.3. The number of piperazine rings is 1. The minimum atomic E-state index is 0.290. The van der Waals surface area contributed by atoms with Gasteiger partial charge in [0.1, 0.15) is 0 Å². The van der Waals surface area contributed by atoms with Gasteiger partial charge in [-0.2, -0.15) is 0 Å². The first kappa shape index (κ1) is 12.9. The highest BCUT2D eigenvalue weighted by Crippen LogP contribution is 2.17. The average Bonchev–Trinajstić information content (AvgIpc) is 2.26. The molecule has 15 heavy (non-hydrogen) atoms. The van der Waals surface area contributed by atoms with E-state index in [4.69, 9.17) is 4.74 Å². The molecular weight excluding hydrogens is 188 g/mol. The maximum Gasteiger partial charge on any atom is 0.0619 e. The van der Waals surface area contributed by atoms with Gasteiger partial charge in [-0.05, 0) is 27.2 Å². The second-order valence-electron chi connectivity index (χ2n) is 4.82. The summed E-state index contributed by atoms with van der Waals surface area (Å²) in [5.41, 5.74) is 0.290. The van der Waals surface area contributed by atoms with Crippen molar-refractivity contribution < 1.29 is 4.74 Å². The van der Waals surface area contributed by atoms with E-state index in [0.29, 0.717) is 11.6 Å². The number of nitrogens with zero attached hydrogens (tertiary/aromatic N) is 1. The maximum absolute atomic E-state index is 5.49. The Morgan fingerprint density at radius 2 is 2.20 bits per heavy atom. The summed E-state index contributed by atoms with van der Waals surface area (Å²) in [5.74, 6) is 0. The molecule has 3 heteroatoms. The molecule has 0 radical (unpaired) electrons. The molecule has 0 aromatic heterocycles. The number of ether oxygens (including phenoxy) is 1. The molecule has 0 bridgehead atoms. The lowest BCUT2D eigenvalue weighted by atomic mass is 9.95. The quantitative estimate of drug-likeness (QED) is 0.750. The van der Waals surface area contributed by atoms with Gasteiger partial charge in [-0.15, -0.1) is 0 Å². The Kier molecular flexibility index (Phi) is 5.03. The fourth-order valence-electron chi connectivity index (χ4n) is 2.09. The van der Waals surface area contributed by atoms with Gasteiger partial charge < -0.3 is 10.1 Å². The van der Waals surface area contributed by atoms with Crippen LogP contribution in [0.2, 0.25) is 0 Å². The van der Waals surface area contributed by atoms with Gasteiger partial charge in [0.15, 0.2) is 0 Å². The van der Waals surface area contributed by atoms with Gasteiger partial charge in [0.05, 0.1) is 6.61 Å². The molecular formula is C12H26N2O. The van der Waals surface area contributed by atoms with Crippen LogP contribution in [0.5, 0.6) is 0 Å². The van der Waals surface area contributed by atoms with Gasteiger partial charge >= 0.3 is 0 Å². The van der Waals surface area contributed by atoms with Crippen LogP contribution in [-0.4, -0.2) is 49.3 Å². The Labute approximate surface area is 94.2 Å². The molecule has 0 aromatic carbocycles. The van der Waals surface area contributed by atoms with E-state index in [1.807, 2.05) is 0 Å². The molecule has 1 heterocycles. The van der Waals surface area contributed by atoms with Crippen molar-refractivity contribution in [2.75, 3.05) is 32.8 Å². The number of hydrogen-bond donors (Lipinski definition) is 1. The fraction of sp³-hybridized carbons (Fsp3) is 1.00. The molecule has 0 amide bonds. The largest absolute Gasteiger partial charge is 0.380 e. The van der Waals surface area contributed by atoms with Crippen LogP contribution in [0, 0.1) is 0 Å². The summed E-state index contributed by atoms with van der Waals surface area (Å²) in [7, 11) is 0. The third-order valence-electron chi connectivity index (χ3n) is 3.47. The van der Waals surface area contributed by atoms with Crippen LogP contribution in [0.1, 0.15) is 34.1 Å². The highest BCUT2D eigenvalue weighted by Gasteiger charge is 2.30. The lowest BCUT2D eigenvalue weighted by Gasteiger charge is -2.43. The Morgan fingerprint density at radius 3 is 2.80 bits per heavy atom. The molecule has 2 unspecified atom stereocenters. The van der Waals surface area contributed by atoms with E-state index in [2.05, 4.69) is 37.9 Å². The Hall–Kier alpha value is -0.120. The third-order valence-corrected chi connectivity index (χ3v) is 3.47. The molecule has 1 rings (SSSR count). The summed E-state index contributed by atoms with van der Waals surface area (Å²) < 4.78 is 5.49. The van der Waals surface area contributed by atoms with Crippen LogP contribution >= 0.6 is 0 Å². The average molecular weight is 214 g/mol. The molecule has 1 aliphatic rings. The van der Waals surface area contributed by atoms with Gasteiger partial charge in [-0.1, -0.05) is 6.92 Å². The molecule has 1 fully saturated rings. The first-order valence-corrected chi connectivity index (χ1v) is 6.18. The number of rotatable bonds is 5. The molecule has 1 aliphatic heterocycles. The van der Waals surface area contributed by atoms with Crippen molar-refractivity contribution >= 4 is 0 Å². The normalized spacial score (nSPS) is 30.4. The highest BCUT2D eigenvalue weighted by atomic mass is 16.5. The summed E-state index contributed by atoms with van der Waals surface area (Å²) in [6.45, 7) is 13.9. The van der Waals surface area contributed by atoms with Crippen molar-refractivity contribution in [2.45, 2.75) is 45.7 Å². The fourth-order valence-corrected chi connectivity index (χ4v) is 2.09. The monoisotopic (exact) mass is 214 g/mol. The van der Waals surface area contributed by atoms with E-state index in [1.165, 1.54) is 6.42 Å². The van der Waals surface area contributed by atoms with E-state index in [-0.39, 0.29) is 0 Å². The smallest absolute Gasteiger partial charge is 0.0619 e. The van der Waals surface area contributed by atoms with Crippen LogP contribution in [0.4, 0.5) is 0 Å². The molecule has 1 saturated heterocycles. The molecule has 0 spiro atoms. The topological polar surface area (TPSA) is 24.5 Å². The zero-order valence-corrected chi connectivity index (χ0v) is 10.7. The minimum Gasteiger partial charge on any atom is -0.380 e. The second-order valence-corrected chi connectivity index (χ2v) is 4.82. The lowest BCUT2D eigenvalue weighted by Crippen LogP contribution is -2.60. The summed E-state index contributed by atoms with van der Waals surface area (Å²) in [6.07, 6.45) is 1.19. The molecule has 2 atom stereocenters. The van der Waals surface area contributed by atoms with Gasteiger partial charge in [-0.25, -0.2) is 0 Å². The van der Waals surface area contributed by atoms with Gasteiger partial charge in [0, 0.05) is 37.8 Å². The molecule has 3 nitrogen and oxygen atoms in total. The van der Waals surface area contributed by atoms with Crippen LogP contribution < -0.4 is 5.32 Å². The Bertz CT molecular complexity index is 186. The van der Waals surface area contributed by atoms with Crippen LogP contribution in [-0.2, 0) is 4.74 Å². The SMILES string of the molecule is CCOCC(C)N1CCNC(C)(CC)C1. The van der Waals surface area contributed by atoms with E-state index in [9.17, 15) is 0 Å². The van der Waals surface area contributed by atoms with Crippen molar-refractivity contribution in [2.24, 2.45) is 0 Å². The van der Waals surface area contributed by atoms with E-state index in [1.54, 1.807) is 0 Å². The summed E-state index contributed by atoms with van der Waals surface area (Å²) in [4.78, 5) is 2.54. The lowest BCUT2D eigenvalue weighted by molar-refractivity contribution is 0.0413. The van der Waals surface area contributed by atoms with Crippen molar-refractivity contribution in [3.8, 4) is 0 Å². The molecule has 0 aliphatic carbocycles.